The first-order valence-electron chi connectivity index (χ1n) is 16.7. The Bertz CT molecular complexity index is 1230. The molecule has 45 heavy (non-hydrogen) atoms. The number of hydrogen-bond donors (Lipinski definition) is 4. The van der Waals surface area contributed by atoms with Gasteiger partial charge in [0.2, 0.25) is 5.91 Å². The number of carbonyl (C=O) groups excluding carboxylic acids is 2. The van der Waals surface area contributed by atoms with Gasteiger partial charge in [0.15, 0.2) is 0 Å². The Morgan fingerprint density at radius 3 is 1.36 bits per heavy atom. The van der Waals surface area contributed by atoms with Gasteiger partial charge in [-0.05, 0) is 79.2 Å². The molecule has 0 fully saturated rings. The molecule has 0 radical (unpaired) electrons. The average Bonchev–Trinajstić information content (AvgIpc) is 3.05. The van der Waals surface area contributed by atoms with Crippen LogP contribution in [0.5, 0.6) is 28.7 Å². The SMILES string of the molecule is CCCCCCCCCCCCCCCCCC(=O)NNC(=O)Nc1ccc(Oc2ccc(Oc3ccc(O)cc3)cc2)cc1. The first kappa shape index (κ1) is 35.3. The summed E-state index contributed by atoms with van der Waals surface area (Å²) in [6.45, 7) is 2.26. The number of ether oxygens (including phenoxy) is 2. The summed E-state index contributed by atoms with van der Waals surface area (Å²) in [6.07, 6.45) is 19.6. The van der Waals surface area contributed by atoms with E-state index in [2.05, 4.69) is 23.1 Å². The molecule has 0 bridgehead atoms. The van der Waals surface area contributed by atoms with Crippen LogP contribution in [0.4, 0.5) is 10.5 Å². The molecule has 0 spiro atoms. The zero-order chi connectivity index (χ0) is 32.0. The van der Waals surface area contributed by atoms with E-state index >= 15 is 0 Å². The fourth-order valence-electron chi connectivity index (χ4n) is 4.98. The van der Waals surface area contributed by atoms with Gasteiger partial charge in [0.1, 0.15) is 28.7 Å². The number of nitrogens with one attached hydrogen (secondary N) is 3. The van der Waals surface area contributed by atoms with Gasteiger partial charge >= 0.3 is 6.03 Å². The normalized spacial score (nSPS) is 10.7. The number of urea groups is 1. The molecule has 0 heterocycles. The Balaban J connectivity index is 1.19. The van der Waals surface area contributed by atoms with Crippen molar-refractivity contribution in [2.45, 2.75) is 110 Å². The van der Waals surface area contributed by atoms with Crippen molar-refractivity contribution in [1.82, 2.24) is 10.9 Å². The maximum atomic E-state index is 12.2. The maximum Gasteiger partial charge on any atom is 0.337 e. The predicted molar refractivity (Wildman–Crippen MR) is 181 cm³/mol. The summed E-state index contributed by atoms with van der Waals surface area (Å²) in [4.78, 5) is 24.3. The van der Waals surface area contributed by atoms with Crippen LogP contribution < -0.4 is 25.6 Å². The zero-order valence-electron chi connectivity index (χ0n) is 26.8. The number of benzene rings is 3. The summed E-state index contributed by atoms with van der Waals surface area (Å²) >= 11 is 0. The number of carbonyl (C=O) groups is 2. The largest absolute Gasteiger partial charge is 0.508 e. The van der Waals surface area contributed by atoms with Gasteiger partial charge in [0.25, 0.3) is 0 Å². The third kappa shape index (κ3) is 15.9. The van der Waals surface area contributed by atoms with Gasteiger partial charge in [-0.25, -0.2) is 10.2 Å². The zero-order valence-corrected chi connectivity index (χ0v) is 26.8. The molecule has 0 atom stereocenters. The van der Waals surface area contributed by atoms with Crippen LogP contribution in [0.1, 0.15) is 110 Å². The van der Waals surface area contributed by atoms with Crippen molar-refractivity contribution < 1.29 is 24.2 Å². The van der Waals surface area contributed by atoms with E-state index in [1.165, 1.54) is 77.0 Å². The molecule has 3 amide bonds. The van der Waals surface area contributed by atoms with Crippen LogP contribution in [0.3, 0.4) is 0 Å². The molecule has 0 aromatic heterocycles. The second kappa shape index (κ2) is 21.5. The third-order valence-electron chi connectivity index (χ3n) is 7.57. The molecule has 0 aliphatic carbocycles. The summed E-state index contributed by atoms with van der Waals surface area (Å²) in [6, 6.07) is 20.1. The Morgan fingerprint density at radius 2 is 0.911 bits per heavy atom. The molecule has 3 rings (SSSR count). The summed E-state index contributed by atoms with van der Waals surface area (Å²) < 4.78 is 11.6. The highest BCUT2D eigenvalue weighted by molar-refractivity contribution is 5.90. The Kier molecular flexibility index (Phi) is 16.9. The third-order valence-corrected chi connectivity index (χ3v) is 7.57. The smallest absolute Gasteiger partial charge is 0.337 e. The first-order chi connectivity index (χ1) is 22.0. The van der Waals surface area contributed by atoms with Crippen LogP contribution in [0.15, 0.2) is 72.8 Å². The van der Waals surface area contributed by atoms with E-state index in [0.29, 0.717) is 35.1 Å². The Morgan fingerprint density at radius 1 is 0.533 bits per heavy atom. The van der Waals surface area contributed by atoms with Crippen LogP contribution in [0.25, 0.3) is 0 Å². The number of phenols is 1. The van der Waals surface area contributed by atoms with Crippen LogP contribution in [-0.2, 0) is 4.79 Å². The monoisotopic (exact) mass is 617 g/mol. The quantitative estimate of drug-likeness (QED) is 0.0702. The van der Waals surface area contributed by atoms with E-state index in [-0.39, 0.29) is 11.7 Å². The minimum atomic E-state index is -0.516. The first-order valence-corrected chi connectivity index (χ1v) is 16.7. The minimum Gasteiger partial charge on any atom is -0.508 e. The van der Waals surface area contributed by atoms with Gasteiger partial charge in [0.05, 0.1) is 0 Å². The molecule has 8 nitrogen and oxygen atoms in total. The van der Waals surface area contributed by atoms with Crippen molar-refractivity contribution in [3.05, 3.63) is 72.8 Å². The van der Waals surface area contributed by atoms with E-state index < -0.39 is 6.03 Å². The fraction of sp³-hybridized carbons (Fsp3) is 0.459. The number of hydrazine groups is 1. The molecule has 3 aromatic carbocycles. The Hall–Kier alpha value is -4.20. The van der Waals surface area contributed by atoms with Gasteiger partial charge < -0.3 is 19.9 Å². The van der Waals surface area contributed by atoms with E-state index in [9.17, 15) is 14.7 Å². The number of unbranched alkanes of at least 4 members (excludes halogenated alkanes) is 14. The van der Waals surface area contributed by atoms with Crippen LogP contribution in [0.2, 0.25) is 0 Å². The minimum absolute atomic E-state index is 0.181. The number of hydrogen-bond acceptors (Lipinski definition) is 5. The van der Waals surface area contributed by atoms with E-state index in [4.69, 9.17) is 9.47 Å². The number of rotatable bonds is 21. The van der Waals surface area contributed by atoms with Crippen LogP contribution >= 0.6 is 0 Å². The second-order valence-corrected chi connectivity index (χ2v) is 11.5. The lowest BCUT2D eigenvalue weighted by molar-refractivity contribution is -0.121. The van der Waals surface area contributed by atoms with Gasteiger partial charge in [-0.2, -0.15) is 0 Å². The second-order valence-electron chi connectivity index (χ2n) is 11.5. The van der Waals surface area contributed by atoms with Gasteiger partial charge in [-0.3, -0.25) is 10.2 Å². The number of aromatic hydroxyl groups is 1. The Labute approximate surface area is 268 Å². The topological polar surface area (TPSA) is 109 Å². The van der Waals surface area contributed by atoms with Gasteiger partial charge in [-0.1, -0.05) is 96.8 Å². The molecular weight excluding hydrogens is 566 g/mol. The standard InChI is InChI=1S/C37H51N3O5/c1-2-3-4-5-6-7-8-9-10-11-12-13-14-15-16-17-36(42)39-40-37(43)38-30-18-22-32(23-19-30)44-34-26-28-35(29-27-34)45-33-24-20-31(41)21-25-33/h18-29,41H,2-17H2,1H3,(H,39,42)(H2,38,40,43). The van der Waals surface area contributed by atoms with E-state index in [0.717, 1.165) is 19.3 Å². The fourth-order valence-corrected chi connectivity index (χ4v) is 4.98. The highest BCUT2D eigenvalue weighted by Gasteiger charge is 2.06. The molecule has 0 aliphatic rings. The lowest BCUT2D eigenvalue weighted by Gasteiger charge is -2.11. The van der Waals surface area contributed by atoms with E-state index in [1.54, 1.807) is 72.8 Å². The predicted octanol–water partition coefficient (Wildman–Crippen LogP) is 10.4. The van der Waals surface area contributed by atoms with Crippen LogP contribution in [-0.4, -0.2) is 17.0 Å². The lowest BCUT2D eigenvalue weighted by atomic mass is 10.0. The number of amides is 3. The van der Waals surface area contributed by atoms with E-state index in [1.807, 2.05) is 0 Å². The van der Waals surface area contributed by atoms with Crippen LogP contribution in [0, 0.1) is 0 Å². The molecule has 4 N–H and O–H groups in total. The summed E-state index contributed by atoms with van der Waals surface area (Å²) in [7, 11) is 0. The van der Waals surface area contributed by atoms with Crippen molar-refractivity contribution in [3.63, 3.8) is 0 Å². The van der Waals surface area contributed by atoms with Crippen molar-refractivity contribution in [2.75, 3.05) is 5.32 Å². The van der Waals surface area contributed by atoms with Crippen molar-refractivity contribution in [3.8, 4) is 28.7 Å². The van der Waals surface area contributed by atoms with Crippen molar-refractivity contribution in [1.29, 1.82) is 0 Å². The van der Waals surface area contributed by atoms with Gasteiger partial charge in [-0.15, -0.1) is 0 Å². The summed E-state index contributed by atoms with van der Waals surface area (Å²) in [5.74, 6) is 2.48. The molecule has 0 aliphatic heterocycles. The average molecular weight is 618 g/mol. The number of phenolic OH excluding ortho intramolecular Hbond substituents is 1. The maximum absolute atomic E-state index is 12.2. The lowest BCUT2D eigenvalue weighted by Crippen LogP contribution is -2.43. The summed E-state index contributed by atoms with van der Waals surface area (Å²) in [5.41, 5.74) is 5.44. The summed E-state index contributed by atoms with van der Waals surface area (Å²) in [5, 5.41) is 12.1. The molecular formula is C37H51N3O5. The number of anilines is 1. The highest BCUT2D eigenvalue weighted by Crippen LogP contribution is 2.28. The molecule has 0 saturated carbocycles. The molecule has 0 saturated heterocycles. The van der Waals surface area contributed by atoms with Crippen molar-refractivity contribution in [2.24, 2.45) is 0 Å². The molecule has 0 unspecified atom stereocenters. The van der Waals surface area contributed by atoms with Crippen molar-refractivity contribution >= 4 is 17.6 Å². The molecule has 8 heteroatoms. The van der Waals surface area contributed by atoms with Gasteiger partial charge in [0, 0.05) is 12.1 Å². The molecule has 244 valence electrons. The molecule has 3 aromatic rings. The highest BCUT2D eigenvalue weighted by atomic mass is 16.5.